The van der Waals surface area contributed by atoms with Gasteiger partial charge in [0.1, 0.15) is 0 Å². The first kappa shape index (κ1) is 23.4. The second kappa shape index (κ2) is 11.3. The van der Waals surface area contributed by atoms with Crippen LogP contribution in [0.25, 0.3) is 0 Å². The maximum absolute atomic E-state index is 11.8. The molecular weight excluding hydrogens is 433 g/mol. The first-order valence-electron chi connectivity index (χ1n) is 9.93. The summed E-state index contributed by atoms with van der Waals surface area (Å²) in [5, 5.41) is 0. The Balaban J connectivity index is 3.45. The first-order valence-corrected chi connectivity index (χ1v) is 17.4. The molecule has 0 fully saturated rings. The van der Waals surface area contributed by atoms with E-state index in [-0.39, 0.29) is 5.91 Å². The molecule has 0 aliphatic rings. The van der Waals surface area contributed by atoms with Crippen LogP contribution in [0.3, 0.4) is 0 Å². The summed E-state index contributed by atoms with van der Waals surface area (Å²) in [6.45, 7) is 6.62. The van der Waals surface area contributed by atoms with Gasteiger partial charge >= 0.3 is 164 Å². The van der Waals surface area contributed by atoms with Crippen LogP contribution >= 0.6 is 0 Å². The molecule has 0 saturated carbocycles. The van der Waals surface area contributed by atoms with Crippen molar-refractivity contribution in [3.63, 3.8) is 0 Å². The van der Waals surface area contributed by atoms with Gasteiger partial charge in [-0.1, -0.05) is 0 Å². The van der Waals surface area contributed by atoms with Crippen molar-refractivity contribution in [2.24, 2.45) is 5.73 Å². The van der Waals surface area contributed by atoms with E-state index in [2.05, 4.69) is 32.9 Å². The predicted octanol–water partition coefficient (Wildman–Crippen LogP) is 4.44. The molecular formula is C21H37NO3Sn. The molecule has 0 unspecified atom stereocenters. The normalized spacial score (nSPS) is 12.3. The van der Waals surface area contributed by atoms with E-state index in [1.54, 1.807) is 14.2 Å². The van der Waals surface area contributed by atoms with Gasteiger partial charge in [0.25, 0.3) is 0 Å². The number of amides is 1. The Labute approximate surface area is 163 Å². The summed E-state index contributed by atoms with van der Waals surface area (Å²) < 4.78 is 16.6. The van der Waals surface area contributed by atoms with E-state index in [1.807, 2.05) is 12.1 Å². The molecule has 0 radical (unpaired) electrons. The van der Waals surface area contributed by atoms with E-state index < -0.39 is 24.2 Å². The van der Waals surface area contributed by atoms with E-state index in [0.717, 1.165) is 10.9 Å². The van der Waals surface area contributed by atoms with Crippen molar-refractivity contribution in [3.05, 3.63) is 29.8 Å². The van der Waals surface area contributed by atoms with E-state index in [9.17, 15) is 4.79 Å². The van der Waals surface area contributed by atoms with Gasteiger partial charge in [-0.15, -0.1) is 0 Å². The van der Waals surface area contributed by atoms with Crippen LogP contribution in [0, 0.1) is 0 Å². The van der Waals surface area contributed by atoms with Crippen molar-refractivity contribution in [2.75, 3.05) is 14.2 Å². The van der Waals surface area contributed by atoms with Crippen LogP contribution in [0.4, 0.5) is 0 Å². The maximum atomic E-state index is 11.8. The molecule has 2 N–H and O–H groups in total. The molecule has 0 bridgehead atoms. The molecule has 1 amide bonds. The SMILES string of the molecule is CCC[CH2][Sn]([CH2]CCC)([CH2]C(CC)(OC)OC)[c]1cccc(C(N)=O)c1. The van der Waals surface area contributed by atoms with Crippen LogP contribution in [0.15, 0.2) is 24.3 Å². The zero-order valence-corrected chi connectivity index (χ0v) is 20.1. The number of rotatable bonds is 13. The van der Waals surface area contributed by atoms with Gasteiger partial charge in [-0.3, -0.25) is 0 Å². The summed E-state index contributed by atoms with van der Waals surface area (Å²) in [6.07, 6.45) is 5.62. The van der Waals surface area contributed by atoms with Crippen LogP contribution in [-0.2, 0) is 9.47 Å². The van der Waals surface area contributed by atoms with Crippen molar-refractivity contribution < 1.29 is 14.3 Å². The van der Waals surface area contributed by atoms with Crippen LogP contribution in [0.5, 0.6) is 0 Å². The fourth-order valence-corrected chi connectivity index (χ4v) is 20.8. The monoisotopic (exact) mass is 471 g/mol. The van der Waals surface area contributed by atoms with E-state index >= 15 is 0 Å². The number of hydrogen-bond donors (Lipinski definition) is 1. The summed E-state index contributed by atoms with van der Waals surface area (Å²) in [5.74, 6) is -0.876. The molecule has 1 aromatic rings. The fraction of sp³-hybridized carbons (Fsp3) is 0.667. The Kier molecular flexibility index (Phi) is 10.2. The molecule has 5 heteroatoms. The molecule has 0 heterocycles. The van der Waals surface area contributed by atoms with Crippen molar-refractivity contribution >= 4 is 27.9 Å². The standard InChI is InChI=1S/C7H6NO.C6H13O2.2C4H9.Sn/c8-7(9)6-4-2-1-3-5-6;1-5-6(2,7-3)8-4;2*1-3-4-2;/h1-2,4-5H,(H2,8,9);2,5H2,1,3-4H3;2*1,3-4H2,2H3;. The Morgan fingerprint density at radius 1 is 1.08 bits per heavy atom. The van der Waals surface area contributed by atoms with E-state index in [4.69, 9.17) is 15.2 Å². The number of unbranched alkanes of at least 4 members (excludes halogenated alkanes) is 2. The Morgan fingerprint density at radius 2 is 1.65 bits per heavy atom. The van der Waals surface area contributed by atoms with Gasteiger partial charge in [0.05, 0.1) is 0 Å². The second-order valence-electron chi connectivity index (χ2n) is 7.28. The number of benzene rings is 1. The molecule has 0 aliphatic carbocycles. The van der Waals surface area contributed by atoms with Crippen molar-refractivity contribution in [1.29, 1.82) is 0 Å². The first-order chi connectivity index (χ1) is 12.4. The summed E-state index contributed by atoms with van der Waals surface area (Å²) >= 11 is -2.89. The average Bonchev–Trinajstić information content (AvgIpc) is 2.68. The van der Waals surface area contributed by atoms with E-state index in [1.165, 1.54) is 38.1 Å². The quantitative estimate of drug-likeness (QED) is 0.343. The van der Waals surface area contributed by atoms with Crippen molar-refractivity contribution in [2.45, 2.75) is 72.0 Å². The molecule has 148 valence electrons. The van der Waals surface area contributed by atoms with Crippen LogP contribution in [-0.4, -0.2) is 44.3 Å². The van der Waals surface area contributed by atoms with Gasteiger partial charge in [-0.05, 0) is 0 Å². The Morgan fingerprint density at radius 3 is 2.08 bits per heavy atom. The number of primary amides is 1. The number of ether oxygens (including phenoxy) is 2. The third-order valence-corrected chi connectivity index (χ3v) is 21.0. The third-order valence-electron chi connectivity index (χ3n) is 5.67. The number of methoxy groups -OCH3 is 2. The molecule has 0 aromatic heterocycles. The van der Waals surface area contributed by atoms with Crippen molar-refractivity contribution in [1.82, 2.24) is 0 Å². The van der Waals surface area contributed by atoms with E-state index in [0.29, 0.717) is 5.56 Å². The van der Waals surface area contributed by atoms with Gasteiger partial charge in [0, 0.05) is 0 Å². The number of carbonyl (C=O) groups is 1. The Hall–Kier alpha value is -0.591. The van der Waals surface area contributed by atoms with Crippen LogP contribution in [0.2, 0.25) is 13.3 Å². The second-order valence-corrected chi connectivity index (χ2v) is 20.1. The predicted molar refractivity (Wildman–Crippen MR) is 112 cm³/mol. The van der Waals surface area contributed by atoms with Gasteiger partial charge < -0.3 is 0 Å². The average molecular weight is 470 g/mol. The molecule has 0 saturated heterocycles. The summed E-state index contributed by atoms with van der Waals surface area (Å²) in [5.41, 5.74) is 6.19. The zero-order chi connectivity index (χ0) is 19.6. The Bertz CT molecular complexity index is 542. The molecule has 4 nitrogen and oxygen atoms in total. The molecule has 0 atom stereocenters. The molecule has 0 spiro atoms. The topological polar surface area (TPSA) is 61.6 Å². The van der Waals surface area contributed by atoms with Gasteiger partial charge in [-0.2, -0.15) is 0 Å². The number of carbonyl (C=O) groups excluding carboxylic acids is 1. The van der Waals surface area contributed by atoms with Crippen LogP contribution in [0.1, 0.15) is 63.2 Å². The molecule has 1 rings (SSSR count). The molecule has 26 heavy (non-hydrogen) atoms. The van der Waals surface area contributed by atoms with Gasteiger partial charge in [-0.25, -0.2) is 0 Å². The molecule has 0 aliphatic heterocycles. The van der Waals surface area contributed by atoms with Gasteiger partial charge in [0.2, 0.25) is 0 Å². The minimum atomic E-state index is -2.89. The zero-order valence-electron chi connectivity index (χ0n) is 17.3. The minimum absolute atomic E-state index is 0.349. The summed E-state index contributed by atoms with van der Waals surface area (Å²) in [4.78, 5) is 11.8. The molecule has 1 aromatic carbocycles. The van der Waals surface area contributed by atoms with Crippen LogP contribution < -0.4 is 9.31 Å². The fourth-order valence-electron chi connectivity index (χ4n) is 3.88. The van der Waals surface area contributed by atoms with Crippen molar-refractivity contribution in [3.8, 4) is 0 Å². The number of nitrogens with two attached hydrogens (primary N) is 1. The summed E-state index contributed by atoms with van der Waals surface area (Å²) in [7, 11) is 3.51. The third kappa shape index (κ3) is 5.96. The number of hydrogen-bond acceptors (Lipinski definition) is 3. The summed E-state index contributed by atoms with van der Waals surface area (Å²) in [6, 6.07) is 8.10. The van der Waals surface area contributed by atoms with Gasteiger partial charge in [0.15, 0.2) is 0 Å².